The molecule has 1 aromatic carbocycles. The van der Waals surface area contributed by atoms with Crippen LogP contribution in [-0.4, -0.2) is 95.0 Å². The van der Waals surface area contributed by atoms with E-state index in [1.54, 1.807) is 43.5 Å². The molecule has 0 amide bonds. The van der Waals surface area contributed by atoms with Gasteiger partial charge in [-0.25, -0.2) is 8.42 Å². The maximum Gasteiger partial charge on any atom is 0.178 e. The fourth-order valence-corrected chi connectivity index (χ4v) is 8.59. The maximum atomic E-state index is 13.5. The van der Waals surface area contributed by atoms with Gasteiger partial charge in [-0.3, -0.25) is 0 Å². The van der Waals surface area contributed by atoms with E-state index in [4.69, 9.17) is 29.4 Å². The van der Waals surface area contributed by atoms with Crippen molar-refractivity contribution in [2.45, 2.75) is 99.2 Å². The zero-order valence-electron chi connectivity index (χ0n) is 27.4. The predicted molar refractivity (Wildman–Crippen MR) is 179 cm³/mol. The quantitative estimate of drug-likeness (QED) is 0.183. The van der Waals surface area contributed by atoms with Crippen molar-refractivity contribution in [1.82, 2.24) is 0 Å². The molecule has 4 rings (SSSR count). The third kappa shape index (κ3) is 9.70. The van der Waals surface area contributed by atoms with Crippen LogP contribution in [0.4, 0.5) is 0 Å². The summed E-state index contributed by atoms with van der Waals surface area (Å²) in [6.45, 7) is 15.6. The highest BCUT2D eigenvalue weighted by Gasteiger charge is 2.48. The molecule has 0 aliphatic carbocycles. The van der Waals surface area contributed by atoms with Gasteiger partial charge in [-0.15, -0.1) is 6.58 Å². The Morgan fingerprint density at radius 2 is 1.85 bits per heavy atom. The van der Waals surface area contributed by atoms with Gasteiger partial charge in [0.15, 0.2) is 9.84 Å². The predicted octanol–water partition coefficient (Wildman–Crippen LogP) is 4.56. The largest absolute Gasteiger partial charge is 0.392 e. The summed E-state index contributed by atoms with van der Waals surface area (Å²) in [5, 5.41) is 10.4. The molecule has 3 saturated heterocycles. The number of aliphatic hydroxyl groups excluding tert-OH is 1. The van der Waals surface area contributed by atoms with Crippen molar-refractivity contribution < 1.29 is 37.2 Å². The second-order valence-electron chi connectivity index (χ2n) is 12.8. The minimum Gasteiger partial charge on any atom is -0.392 e. The van der Waals surface area contributed by atoms with Crippen molar-refractivity contribution in [2.24, 2.45) is 17.6 Å². The van der Waals surface area contributed by atoms with Gasteiger partial charge in [0, 0.05) is 38.8 Å². The van der Waals surface area contributed by atoms with Crippen molar-refractivity contribution in [1.29, 1.82) is 0 Å². The monoisotopic (exact) mass is 659 g/mol. The zero-order chi connectivity index (χ0) is 33.3. The summed E-state index contributed by atoms with van der Waals surface area (Å²) in [7, 11) is -2.08. The number of aliphatic hydroxyl groups is 1. The van der Waals surface area contributed by atoms with E-state index < -0.39 is 40.2 Å². The summed E-state index contributed by atoms with van der Waals surface area (Å²) in [6.07, 6.45) is 7.02. The number of rotatable bonds is 17. The lowest BCUT2D eigenvalue weighted by atomic mass is 9.83. The molecule has 3 aliphatic heterocycles. The summed E-state index contributed by atoms with van der Waals surface area (Å²) in [6, 6.07) is 8.44. The highest BCUT2D eigenvalue weighted by atomic mass is 32.2. The smallest absolute Gasteiger partial charge is 0.178 e. The number of benzene rings is 1. The van der Waals surface area contributed by atoms with E-state index in [0.29, 0.717) is 19.6 Å². The summed E-state index contributed by atoms with van der Waals surface area (Å²) >= 11 is 0. The van der Waals surface area contributed by atoms with Gasteiger partial charge < -0.3 is 34.5 Å². The number of hydrogen-bond acceptors (Lipinski definition) is 9. The van der Waals surface area contributed by atoms with Crippen LogP contribution in [0.3, 0.4) is 0 Å². The minimum absolute atomic E-state index is 0.00775. The average Bonchev–Trinajstić information content (AvgIpc) is 3.55. The van der Waals surface area contributed by atoms with Crippen LogP contribution in [0.5, 0.6) is 0 Å². The summed E-state index contributed by atoms with van der Waals surface area (Å²) in [5.41, 5.74) is 7.78. The molecule has 3 fully saturated rings. The van der Waals surface area contributed by atoms with Crippen molar-refractivity contribution in [3.05, 3.63) is 79.4 Å². The van der Waals surface area contributed by atoms with E-state index in [-0.39, 0.29) is 53.9 Å². The third-order valence-corrected chi connectivity index (χ3v) is 11.3. The highest BCUT2D eigenvalue weighted by Crippen LogP contribution is 2.41. The molecule has 0 radical (unpaired) electrons. The van der Waals surface area contributed by atoms with Gasteiger partial charge in [0.05, 0.1) is 72.7 Å². The molecular weight excluding hydrogens is 606 g/mol. The van der Waals surface area contributed by atoms with Crippen LogP contribution in [-0.2, 0) is 33.5 Å². The molecular formula is C36H53NO8S. The Hall–Kier alpha value is -2.15. The van der Waals surface area contributed by atoms with Crippen LogP contribution >= 0.6 is 0 Å². The van der Waals surface area contributed by atoms with Gasteiger partial charge in [-0.05, 0) is 48.5 Å². The molecule has 10 heteroatoms. The zero-order valence-corrected chi connectivity index (χ0v) is 28.2. The fourth-order valence-electron chi connectivity index (χ4n) is 6.92. The molecule has 0 spiro atoms. The summed E-state index contributed by atoms with van der Waals surface area (Å²) in [5.74, 6) is -0.395. The molecule has 1 unspecified atom stereocenters. The molecule has 256 valence electrons. The van der Waals surface area contributed by atoms with Gasteiger partial charge in [0.25, 0.3) is 0 Å². The van der Waals surface area contributed by atoms with Crippen LogP contribution in [0.25, 0.3) is 0 Å². The first-order valence-electron chi connectivity index (χ1n) is 16.4. The molecule has 3 aliphatic rings. The van der Waals surface area contributed by atoms with Gasteiger partial charge >= 0.3 is 0 Å². The molecule has 3 heterocycles. The second kappa shape index (κ2) is 17.3. The molecule has 0 aromatic heterocycles. The average molecular weight is 660 g/mol. The van der Waals surface area contributed by atoms with Crippen molar-refractivity contribution in [3.63, 3.8) is 0 Å². The molecule has 0 bridgehead atoms. The Kier molecular flexibility index (Phi) is 13.8. The summed E-state index contributed by atoms with van der Waals surface area (Å²) in [4.78, 5) is 0.260. The van der Waals surface area contributed by atoms with E-state index >= 15 is 0 Å². The third-order valence-electron chi connectivity index (χ3n) is 9.45. The topological polar surface area (TPSA) is 127 Å². The van der Waals surface area contributed by atoms with E-state index in [1.807, 2.05) is 12.2 Å². The van der Waals surface area contributed by atoms with Crippen LogP contribution in [0, 0.1) is 11.8 Å². The number of methoxy groups -OCH3 is 1. The van der Waals surface area contributed by atoms with E-state index in [2.05, 4.69) is 26.7 Å². The molecule has 0 saturated carbocycles. The van der Waals surface area contributed by atoms with Crippen LogP contribution < -0.4 is 5.73 Å². The van der Waals surface area contributed by atoms with E-state index in [9.17, 15) is 13.5 Å². The Bertz CT molecular complexity index is 1280. The minimum atomic E-state index is -3.64. The Labute approximate surface area is 275 Å². The van der Waals surface area contributed by atoms with Gasteiger partial charge in [0.2, 0.25) is 0 Å². The first kappa shape index (κ1) is 36.7. The van der Waals surface area contributed by atoms with E-state index in [0.717, 1.165) is 36.8 Å². The van der Waals surface area contributed by atoms with Gasteiger partial charge in [-0.2, -0.15) is 0 Å². The SMILES string of the molecule is C=CCOCC=C[C@H]1CC(=C)[C@H](CC[C@H]2C[C@@H](C)C(=C)[C@@H](C[C@@H]3O[C@H](CC(O)CN)[C@H](OC)[C@H]3CS(=O)(=O)c3ccccc3)O2)O1. The van der Waals surface area contributed by atoms with Crippen LogP contribution in [0.1, 0.15) is 45.4 Å². The first-order valence-corrected chi connectivity index (χ1v) is 18.1. The van der Waals surface area contributed by atoms with Crippen LogP contribution in [0.15, 0.2) is 84.3 Å². The Morgan fingerprint density at radius 1 is 1.09 bits per heavy atom. The molecule has 46 heavy (non-hydrogen) atoms. The first-order chi connectivity index (χ1) is 22.1. The molecule has 3 N–H and O–H groups in total. The normalized spacial score (nSPS) is 32.7. The lowest BCUT2D eigenvalue weighted by molar-refractivity contribution is -0.0766. The Balaban J connectivity index is 1.42. The number of ether oxygens (including phenoxy) is 5. The van der Waals surface area contributed by atoms with Crippen molar-refractivity contribution in [3.8, 4) is 0 Å². The van der Waals surface area contributed by atoms with Crippen molar-refractivity contribution >= 4 is 9.84 Å². The van der Waals surface area contributed by atoms with Crippen molar-refractivity contribution in [2.75, 3.05) is 32.6 Å². The fraction of sp³-hybridized carbons (Fsp3) is 0.611. The van der Waals surface area contributed by atoms with Gasteiger partial charge in [0.1, 0.15) is 0 Å². The van der Waals surface area contributed by atoms with Gasteiger partial charge in [-0.1, -0.05) is 56.5 Å². The maximum absolute atomic E-state index is 13.5. The number of sulfone groups is 1. The van der Waals surface area contributed by atoms with E-state index in [1.165, 1.54) is 0 Å². The molecule has 1 aromatic rings. The summed E-state index contributed by atoms with van der Waals surface area (Å²) < 4.78 is 57.8. The standard InChI is InChI=1S/C36H53NO8S/c1-6-16-42-17-10-11-28-19-25(3)32(43-28)15-14-29-18-24(2)26(4)33(44-29)21-34-31(23-46(39,40)30-12-8-7-9-13-30)36(41-5)35(45-34)20-27(38)22-37/h6-13,24,27-29,31-36,38H,1,3-4,14-23,37H2,2,5H3/t24-,27?,28+,29+,31+,32+,33-,34+,35-,36-/m1/s1. The lowest BCUT2D eigenvalue weighted by Gasteiger charge is -2.38. The Morgan fingerprint density at radius 3 is 2.54 bits per heavy atom. The number of nitrogens with two attached hydrogens (primary N) is 1. The molecule has 10 atom stereocenters. The second-order valence-corrected chi connectivity index (χ2v) is 14.9. The number of hydrogen-bond donors (Lipinski definition) is 2. The van der Waals surface area contributed by atoms with Crippen LogP contribution in [0.2, 0.25) is 0 Å². The lowest BCUT2D eigenvalue weighted by Crippen LogP contribution is -2.40. The molecule has 9 nitrogen and oxygen atoms in total. The highest BCUT2D eigenvalue weighted by molar-refractivity contribution is 7.91.